The molecular formula is C17H20FNO3. The van der Waals surface area contributed by atoms with E-state index in [1.807, 2.05) is 13.8 Å². The number of halogens is 1. The van der Waals surface area contributed by atoms with Gasteiger partial charge in [0.05, 0.1) is 6.04 Å². The average Bonchev–Trinajstić information content (AvgIpc) is 2.65. The molecule has 4 nitrogen and oxygen atoms in total. The standard InChI is InChI=1S/C17H20FNO3/c1-10(2)8-14-16(21)15(11(3)20)17(22)19(14)9-12-4-6-13(18)7-5-12/h4-7,10,14,20H,8-9H2,1-3H3/b15-11+/t14-/m0/s1. The molecule has 0 aromatic heterocycles. The summed E-state index contributed by atoms with van der Waals surface area (Å²) in [6, 6.07) is 5.25. The number of carbonyl (C=O) groups is 2. The van der Waals surface area contributed by atoms with E-state index >= 15 is 0 Å². The molecule has 1 amide bonds. The van der Waals surface area contributed by atoms with Crippen LogP contribution in [0.25, 0.3) is 0 Å². The van der Waals surface area contributed by atoms with Crippen molar-refractivity contribution in [3.63, 3.8) is 0 Å². The van der Waals surface area contributed by atoms with Crippen molar-refractivity contribution in [2.24, 2.45) is 5.92 Å². The van der Waals surface area contributed by atoms with E-state index in [0.29, 0.717) is 6.42 Å². The van der Waals surface area contributed by atoms with Crippen LogP contribution in [0.5, 0.6) is 0 Å². The summed E-state index contributed by atoms with van der Waals surface area (Å²) in [4.78, 5) is 26.3. The summed E-state index contributed by atoms with van der Waals surface area (Å²) in [5.74, 6) is -1.15. The van der Waals surface area contributed by atoms with Crippen LogP contribution in [0.1, 0.15) is 32.8 Å². The van der Waals surface area contributed by atoms with Crippen molar-refractivity contribution in [2.75, 3.05) is 0 Å². The van der Waals surface area contributed by atoms with Gasteiger partial charge in [-0.3, -0.25) is 9.59 Å². The first kappa shape index (κ1) is 16.2. The Balaban J connectivity index is 2.32. The first-order chi connectivity index (χ1) is 10.3. The monoisotopic (exact) mass is 305 g/mol. The Kier molecular flexibility index (Phi) is 4.64. The molecule has 1 aromatic carbocycles. The maximum absolute atomic E-state index is 13.0. The minimum atomic E-state index is -0.574. The van der Waals surface area contributed by atoms with Crippen LogP contribution in [0.15, 0.2) is 35.6 Å². The van der Waals surface area contributed by atoms with Gasteiger partial charge >= 0.3 is 0 Å². The van der Waals surface area contributed by atoms with Crippen LogP contribution in [0.4, 0.5) is 4.39 Å². The lowest BCUT2D eigenvalue weighted by molar-refractivity contribution is -0.128. The van der Waals surface area contributed by atoms with Crippen LogP contribution >= 0.6 is 0 Å². The molecule has 1 N–H and O–H groups in total. The molecule has 0 spiro atoms. The van der Waals surface area contributed by atoms with Gasteiger partial charge in [-0.05, 0) is 37.0 Å². The highest BCUT2D eigenvalue weighted by Gasteiger charge is 2.44. The third-order valence-corrected chi connectivity index (χ3v) is 3.72. The van der Waals surface area contributed by atoms with Crippen LogP contribution in [0, 0.1) is 11.7 Å². The van der Waals surface area contributed by atoms with Gasteiger partial charge in [-0.25, -0.2) is 4.39 Å². The molecular weight excluding hydrogens is 285 g/mol. The van der Waals surface area contributed by atoms with Crippen molar-refractivity contribution in [3.05, 3.63) is 47.0 Å². The fourth-order valence-corrected chi connectivity index (χ4v) is 2.68. The summed E-state index contributed by atoms with van der Waals surface area (Å²) < 4.78 is 13.0. The third-order valence-electron chi connectivity index (χ3n) is 3.72. The molecule has 1 aromatic rings. The zero-order chi connectivity index (χ0) is 16.4. The largest absolute Gasteiger partial charge is 0.512 e. The predicted molar refractivity (Wildman–Crippen MR) is 80.5 cm³/mol. The zero-order valence-corrected chi connectivity index (χ0v) is 13.0. The van der Waals surface area contributed by atoms with Gasteiger partial charge in [-0.1, -0.05) is 26.0 Å². The summed E-state index contributed by atoms with van der Waals surface area (Å²) >= 11 is 0. The normalized spacial score (nSPS) is 21.0. The molecule has 1 atom stereocenters. The fraction of sp³-hybridized carbons (Fsp3) is 0.412. The van der Waals surface area contributed by atoms with Gasteiger partial charge in [0.1, 0.15) is 17.1 Å². The fourth-order valence-electron chi connectivity index (χ4n) is 2.68. The molecule has 1 heterocycles. The SMILES string of the molecule is C/C(O)=C1/C(=O)[C@H](CC(C)C)N(Cc2ccc(F)cc2)C1=O. The molecule has 1 aliphatic heterocycles. The maximum atomic E-state index is 13.0. The number of ketones is 1. The highest BCUT2D eigenvalue weighted by Crippen LogP contribution is 2.28. The van der Waals surface area contributed by atoms with Crippen LogP contribution in [0.3, 0.4) is 0 Å². The number of likely N-dealkylation sites (tertiary alicyclic amines) is 1. The van der Waals surface area contributed by atoms with Crippen molar-refractivity contribution in [3.8, 4) is 0 Å². The van der Waals surface area contributed by atoms with E-state index in [1.54, 1.807) is 12.1 Å². The average molecular weight is 305 g/mol. The number of carbonyl (C=O) groups excluding carboxylic acids is 2. The van der Waals surface area contributed by atoms with Gasteiger partial charge in [-0.15, -0.1) is 0 Å². The minimum absolute atomic E-state index is 0.132. The Morgan fingerprint density at radius 2 is 1.86 bits per heavy atom. The smallest absolute Gasteiger partial charge is 0.261 e. The van der Waals surface area contributed by atoms with Crippen molar-refractivity contribution in [1.82, 2.24) is 4.90 Å². The number of nitrogens with zero attached hydrogens (tertiary/aromatic N) is 1. The predicted octanol–water partition coefficient (Wildman–Crippen LogP) is 2.98. The van der Waals surface area contributed by atoms with E-state index < -0.39 is 11.9 Å². The second kappa shape index (κ2) is 6.30. The van der Waals surface area contributed by atoms with Gasteiger partial charge in [0, 0.05) is 6.54 Å². The summed E-state index contributed by atoms with van der Waals surface area (Å²) in [7, 11) is 0. The number of benzene rings is 1. The third kappa shape index (κ3) is 3.18. The molecule has 0 bridgehead atoms. The van der Waals surface area contributed by atoms with Gasteiger partial charge in [0.25, 0.3) is 5.91 Å². The Hall–Kier alpha value is -2.17. The van der Waals surface area contributed by atoms with E-state index in [4.69, 9.17) is 0 Å². The molecule has 0 saturated carbocycles. The topological polar surface area (TPSA) is 57.6 Å². The van der Waals surface area contributed by atoms with E-state index in [2.05, 4.69) is 0 Å². The van der Waals surface area contributed by atoms with Crippen LogP contribution in [0.2, 0.25) is 0 Å². The maximum Gasteiger partial charge on any atom is 0.261 e. The number of Topliss-reactive ketones (excluding diaryl/α,β-unsaturated/α-hetero) is 1. The minimum Gasteiger partial charge on any atom is -0.512 e. The molecule has 22 heavy (non-hydrogen) atoms. The van der Waals surface area contributed by atoms with E-state index in [0.717, 1.165) is 5.56 Å². The lowest BCUT2D eigenvalue weighted by Gasteiger charge is -2.24. The highest BCUT2D eigenvalue weighted by atomic mass is 19.1. The number of rotatable bonds is 4. The number of aliphatic hydroxyl groups is 1. The first-order valence-corrected chi connectivity index (χ1v) is 7.30. The molecule has 0 radical (unpaired) electrons. The number of amides is 1. The quantitative estimate of drug-likeness (QED) is 0.528. The van der Waals surface area contributed by atoms with Crippen LogP contribution in [-0.2, 0) is 16.1 Å². The van der Waals surface area contributed by atoms with Crippen molar-refractivity contribution < 1.29 is 19.1 Å². The molecule has 118 valence electrons. The van der Waals surface area contributed by atoms with Crippen molar-refractivity contribution >= 4 is 11.7 Å². The van der Waals surface area contributed by atoms with Gasteiger partial charge < -0.3 is 10.0 Å². The van der Waals surface area contributed by atoms with Crippen LogP contribution in [-0.4, -0.2) is 27.7 Å². The molecule has 5 heteroatoms. The summed E-state index contributed by atoms with van der Waals surface area (Å²) in [6.45, 7) is 5.51. The van der Waals surface area contributed by atoms with E-state index in [-0.39, 0.29) is 35.4 Å². The van der Waals surface area contributed by atoms with E-state index in [9.17, 15) is 19.1 Å². The summed E-state index contributed by atoms with van der Waals surface area (Å²) in [5, 5.41) is 9.63. The molecule has 1 fully saturated rings. The molecule has 0 aliphatic carbocycles. The lowest BCUT2D eigenvalue weighted by Crippen LogP contribution is -2.36. The lowest BCUT2D eigenvalue weighted by atomic mass is 9.99. The van der Waals surface area contributed by atoms with Gasteiger partial charge in [-0.2, -0.15) is 0 Å². The van der Waals surface area contributed by atoms with Crippen molar-refractivity contribution in [1.29, 1.82) is 0 Å². The second-order valence-corrected chi connectivity index (χ2v) is 6.03. The zero-order valence-electron chi connectivity index (χ0n) is 13.0. The van der Waals surface area contributed by atoms with Crippen LogP contribution < -0.4 is 0 Å². The summed E-state index contributed by atoms with van der Waals surface area (Å²) in [5.41, 5.74) is 0.612. The van der Waals surface area contributed by atoms with Gasteiger partial charge in [0.2, 0.25) is 0 Å². The molecule has 1 aliphatic rings. The second-order valence-electron chi connectivity index (χ2n) is 6.03. The molecule has 0 unspecified atom stereocenters. The Morgan fingerprint density at radius 3 is 2.36 bits per heavy atom. The molecule has 1 saturated heterocycles. The Bertz CT molecular complexity index is 615. The highest BCUT2D eigenvalue weighted by molar-refractivity contribution is 6.26. The Morgan fingerprint density at radius 1 is 1.27 bits per heavy atom. The number of hydrogen-bond donors (Lipinski definition) is 1. The Labute approximate surface area is 129 Å². The number of allylic oxidation sites excluding steroid dienone is 1. The van der Waals surface area contributed by atoms with Crippen molar-refractivity contribution in [2.45, 2.75) is 39.8 Å². The first-order valence-electron chi connectivity index (χ1n) is 7.30. The van der Waals surface area contributed by atoms with Gasteiger partial charge in [0.15, 0.2) is 5.78 Å². The number of hydrogen-bond acceptors (Lipinski definition) is 3. The summed E-state index contributed by atoms with van der Waals surface area (Å²) in [6.07, 6.45) is 0.530. The molecule has 2 rings (SSSR count). The van der Waals surface area contributed by atoms with E-state index in [1.165, 1.54) is 24.0 Å². The number of aliphatic hydroxyl groups excluding tert-OH is 1.